The van der Waals surface area contributed by atoms with Crippen LogP contribution in [0.25, 0.3) is 0 Å². The second-order valence-electron chi connectivity index (χ2n) is 2.56. The molecule has 0 fully saturated rings. The summed E-state index contributed by atoms with van der Waals surface area (Å²) in [6.07, 6.45) is 0. The number of methoxy groups -OCH3 is 1. The van der Waals surface area contributed by atoms with Crippen molar-refractivity contribution in [3.8, 4) is 11.5 Å². The average Bonchev–Trinajstić information content (AvgIpc) is 2.63. The molecule has 0 spiro atoms. The summed E-state index contributed by atoms with van der Waals surface area (Å²) in [7, 11) is 1.34. The lowest BCUT2D eigenvalue weighted by molar-refractivity contribution is 0.0600. The Morgan fingerprint density at radius 1 is 1.38 bits per heavy atom. The van der Waals surface area contributed by atoms with Crippen molar-refractivity contribution in [1.82, 2.24) is 0 Å². The second kappa shape index (κ2) is 2.97. The van der Waals surface area contributed by atoms with Crippen LogP contribution in [0.5, 0.6) is 11.5 Å². The summed E-state index contributed by atoms with van der Waals surface area (Å²) >= 11 is 0. The van der Waals surface area contributed by atoms with Crippen molar-refractivity contribution in [2.75, 3.05) is 13.9 Å². The summed E-state index contributed by atoms with van der Waals surface area (Å²) in [5.41, 5.74) is 0.465. The van der Waals surface area contributed by atoms with Gasteiger partial charge in [-0.1, -0.05) is 0 Å². The van der Waals surface area contributed by atoms with Gasteiger partial charge in [0.2, 0.25) is 6.79 Å². The minimum atomic E-state index is -0.377. The number of esters is 1. The highest BCUT2D eigenvalue weighted by atomic mass is 16.7. The van der Waals surface area contributed by atoms with Gasteiger partial charge in [-0.15, -0.1) is 0 Å². The van der Waals surface area contributed by atoms with Crippen molar-refractivity contribution < 1.29 is 19.0 Å². The van der Waals surface area contributed by atoms with Crippen molar-refractivity contribution in [1.29, 1.82) is 0 Å². The highest BCUT2D eigenvalue weighted by molar-refractivity contribution is 5.90. The number of hydrogen-bond acceptors (Lipinski definition) is 4. The van der Waals surface area contributed by atoms with Crippen LogP contribution in [-0.2, 0) is 4.74 Å². The molecule has 1 aromatic carbocycles. The predicted molar refractivity (Wildman–Crippen MR) is 43.9 cm³/mol. The maximum Gasteiger partial charge on any atom is 0.337 e. The van der Waals surface area contributed by atoms with Gasteiger partial charge in [0, 0.05) is 0 Å². The summed E-state index contributed by atoms with van der Waals surface area (Å²) in [6.45, 7) is 0.208. The average molecular weight is 180 g/mol. The predicted octanol–water partition coefficient (Wildman–Crippen LogP) is 1.20. The first kappa shape index (κ1) is 7.91. The van der Waals surface area contributed by atoms with E-state index in [-0.39, 0.29) is 12.8 Å². The molecule has 0 amide bonds. The lowest BCUT2D eigenvalue weighted by atomic mass is 10.2. The Kier molecular flexibility index (Phi) is 1.81. The molecule has 0 unspecified atom stereocenters. The molecule has 4 heteroatoms. The number of fused-ring (bicyclic) bond motifs is 1. The van der Waals surface area contributed by atoms with Gasteiger partial charge >= 0.3 is 5.97 Å². The third-order valence-electron chi connectivity index (χ3n) is 1.79. The van der Waals surface area contributed by atoms with Crippen LogP contribution >= 0.6 is 0 Å². The lowest BCUT2D eigenvalue weighted by Crippen LogP contribution is -2.00. The van der Waals surface area contributed by atoms with E-state index in [0.29, 0.717) is 17.1 Å². The third-order valence-corrected chi connectivity index (χ3v) is 1.79. The van der Waals surface area contributed by atoms with E-state index >= 15 is 0 Å². The molecule has 4 nitrogen and oxygen atoms in total. The van der Waals surface area contributed by atoms with E-state index in [4.69, 9.17) is 9.47 Å². The fraction of sp³-hybridized carbons (Fsp3) is 0.222. The second-order valence-corrected chi connectivity index (χ2v) is 2.56. The van der Waals surface area contributed by atoms with Crippen LogP contribution < -0.4 is 9.47 Å². The summed E-state index contributed by atoms with van der Waals surface area (Å²) in [4.78, 5) is 11.1. The van der Waals surface area contributed by atoms with Crippen molar-refractivity contribution in [2.45, 2.75) is 0 Å². The van der Waals surface area contributed by atoms with Crippen LogP contribution in [0.1, 0.15) is 10.4 Å². The van der Waals surface area contributed by atoms with Gasteiger partial charge in [0.15, 0.2) is 11.5 Å². The molecule has 13 heavy (non-hydrogen) atoms. The Morgan fingerprint density at radius 3 is 2.92 bits per heavy atom. The van der Waals surface area contributed by atoms with E-state index < -0.39 is 0 Å². The van der Waals surface area contributed by atoms with Crippen LogP contribution in [0.3, 0.4) is 0 Å². The van der Waals surface area contributed by atoms with Crippen LogP contribution in [0.4, 0.5) is 0 Å². The van der Waals surface area contributed by atoms with Gasteiger partial charge < -0.3 is 14.2 Å². The first-order chi connectivity index (χ1) is 6.31. The van der Waals surface area contributed by atoms with Gasteiger partial charge in [0.25, 0.3) is 0 Å². The number of carbonyl (C=O) groups excluding carboxylic acids is 1. The SMILES string of the molecule is COC(=O)c1ccc2c(c1)OCO2. The molecule has 0 radical (unpaired) electrons. The van der Waals surface area contributed by atoms with E-state index in [1.165, 1.54) is 7.11 Å². The number of rotatable bonds is 1. The molecule has 0 bridgehead atoms. The highest BCUT2D eigenvalue weighted by Gasteiger charge is 2.15. The van der Waals surface area contributed by atoms with Crippen molar-refractivity contribution in [3.05, 3.63) is 23.8 Å². The highest BCUT2D eigenvalue weighted by Crippen LogP contribution is 2.32. The van der Waals surface area contributed by atoms with Crippen molar-refractivity contribution in [3.63, 3.8) is 0 Å². The first-order valence-corrected chi connectivity index (χ1v) is 3.79. The standard InChI is InChI=1S/C9H8O4/c1-11-9(10)6-2-3-7-8(4-6)13-5-12-7/h2-4H,5H2,1H3. The molecule has 0 saturated heterocycles. The van der Waals surface area contributed by atoms with Gasteiger partial charge in [0.1, 0.15) is 0 Å². The Bertz CT molecular complexity index is 345. The fourth-order valence-corrected chi connectivity index (χ4v) is 1.14. The molecule has 1 heterocycles. The summed E-state index contributed by atoms with van der Waals surface area (Å²) < 4.78 is 14.8. The van der Waals surface area contributed by atoms with E-state index in [0.717, 1.165) is 0 Å². The summed E-state index contributed by atoms with van der Waals surface area (Å²) in [5.74, 6) is 0.869. The Labute approximate surface area is 75.0 Å². The van der Waals surface area contributed by atoms with Gasteiger partial charge in [-0.05, 0) is 18.2 Å². The molecule has 1 aliphatic heterocycles. The summed E-state index contributed by atoms with van der Waals surface area (Å²) in [6, 6.07) is 4.93. The maximum absolute atomic E-state index is 11.1. The minimum Gasteiger partial charge on any atom is -0.465 e. The molecule has 2 rings (SSSR count). The largest absolute Gasteiger partial charge is 0.465 e. The smallest absolute Gasteiger partial charge is 0.337 e. The van der Waals surface area contributed by atoms with Crippen LogP contribution in [0, 0.1) is 0 Å². The molecular weight excluding hydrogens is 172 g/mol. The zero-order valence-corrected chi connectivity index (χ0v) is 7.07. The number of carbonyl (C=O) groups is 1. The molecule has 1 aromatic rings. The maximum atomic E-state index is 11.1. The lowest BCUT2D eigenvalue weighted by Gasteiger charge is -1.99. The van der Waals surface area contributed by atoms with E-state index in [1.807, 2.05) is 0 Å². The van der Waals surface area contributed by atoms with Gasteiger partial charge in [-0.2, -0.15) is 0 Å². The van der Waals surface area contributed by atoms with Crippen LogP contribution in [0.2, 0.25) is 0 Å². The molecule has 0 saturated carbocycles. The molecule has 0 N–H and O–H groups in total. The normalized spacial score (nSPS) is 12.7. The molecule has 0 aromatic heterocycles. The molecule has 0 aliphatic carbocycles. The monoisotopic (exact) mass is 180 g/mol. The Hall–Kier alpha value is -1.71. The summed E-state index contributed by atoms with van der Waals surface area (Å²) in [5, 5.41) is 0. The number of ether oxygens (including phenoxy) is 3. The molecular formula is C9H8O4. The molecule has 1 aliphatic rings. The van der Waals surface area contributed by atoms with Crippen molar-refractivity contribution in [2.24, 2.45) is 0 Å². The Morgan fingerprint density at radius 2 is 2.15 bits per heavy atom. The van der Waals surface area contributed by atoms with E-state index in [1.54, 1.807) is 18.2 Å². The van der Waals surface area contributed by atoms with Crippen molar-refractivity contribution >= 4 is 5.97 Å². The fourth-order valence-electron chi connectivity index (χ4n) is 1.14. The number of benzene rings is 1. The molecule has 0 atom stereocenters. The minimum absolute atomic E-state index is 0.208. The zero-order chi connectivity index (χ0) is 9.26. The quantitative estimate of drug-likeness (QED) is 0.609. The van der Waals surface area contributed by atoms with E-state index in [9.17, 15) is 4.79 Å². The van der Waals surface area contributed by atoms with E-state index in [2.05, 4.69) is 4.74 Å². The third kappa shape index (κ3) is 1.30. The van der Waals surface area contributed by atoms with Gasteiger partial charge in [-0.25, -0.2) is 4.79 Å². The van der Waals surface area contributed by atoms with Crippen LogP contribution in [0.15, 0.2) is 18.2 Å². The van der Waals surface area contributed by atoms with Crippen LogP contribution in [-0.4, -0.2) is 19.9 Å². The Balaban J connectivity index is 2.36. The zero-order valence-electron chi connectivity index (χ0n) is 7.07. The van der Waals surface area contributed by atoms with Gasteiger partial charge in [-0.3, -0.25) is 0 Å². The van der Waals surface area contributed by atoms with Gasteiger partial charge in [0.05, 0.1) is 12.7 Å². The molecule has 68 valence electrons. The topological polar surface area (TPSA) is 44.8 Å². The number of hydrogen-bond donors (Lipinski definition) is 0. The first-order valence-electron chi connectivity index (χ1n) is 3.79.